The van der Waals surface area contributed by atoms with Crippen molar-refractivity contribution in [1.29, 1.82) is 0 Å². The lowest BCUT2D eigenvalue weighted by molar-refractivity contribution is 1.03. The Morgan fingerprint density at radius 1 is 1.30 bits per heavy atom. The average Bonchev–Trinajstić information content (AvgIpc) is 1.87. The summed E-state index contributed by atoms with van der Waals surface area (Å²) in [6.07, 6.45) is 10.4. The normalized spacial score (nSPS) is 9.80. The van der Waals surface area contributed by atoms with Crippen LogP contribution in [-0.2, 0) is 0 Å². The highest BCUT2D eigenvalue weighted by molar-refractivity contribution is 4.99. The summed E-state index contributed by atoms with van der Waals surface area (Å²) in [4.78, 5) is 0. The molecule has 0 radical (unpaired) electrons. The Morgan fingerprint density at radius 3 is 2.50 bits per heavy atom. The summed E-state index contributed by atoms with van der Waals surface area (Å²) < 4.78 is 0. The van der Waals surface area contributed by atoms with Crippen molar-refractivity contribution in [2.45, 2.75) is 26.7 Å². The van der Waals surface area contributed by atoms with Gasteiger partial charge in [0.2, 0.25) is 0 Å². The van der Waals surface area contributed by atoms with Crippen LogP contribution < -0.4 is 0 Å². The van der Waals surface area contributed by atoms with Crippen LogP contribution >= 0.6 is 0 Å². The smallest absolute Gasteiger partial charge is 0.0313 e. The van der Waals surface area contributed by atoms with Crippen molar-refractivity contribution < 1.29 is 0 Å². The number of allylic oxidation sites excluding steroid dienone is 5. The highest BCUT2D eigenvalue weighted by atomic mass is 13.8. The molecular weight excluding hydrogens is 120 g/mol. The summed E-state index contributed by atoms with van der Waals surface area (Å²) in [6, 6.07) is 0. The van der Waals surface area contributed by atoms with Crippen LogP contribution in [0.3, 0.4) is 0 Å². The summed E-state index contributed by atoms with van der Waals surface area (Å²) in [5.74, 6) is 0. The molecular formula is C10H16. The largest absolute Gasteiger partial charge is 0.0991 e. The molecule has 0 saturated carbocycles. The second kappa shape index (κ2) is 6.34. The minimum absolute atomic E-state index is 1.12. The van der Waals surface area contributed by atoms with Crippen LogP contribution in [0.2, 0.25) is 0 Å². The molecule has 0 nitrogen and oxygen atoms in total. The topological polar surface area (TPSA) is 0 Å². The first-order valence-corrected chi connectivity index (χ1v) is 3.68. The number of hydrogen-bond donors (Lipinski definition) is 0. The van der Waals surface area contributed by atoms with E-state index in [1.807, 2.05) is 12.2 Å². The van der Waals surface area contributed by atoms with Crippen LogP contribution in [-0.4, -0.2) is 0 Å². The van der Waals surface area contributed by atoms with Crippen LogP contribution in [0.25, 0.3) is 0 Å². The Morgan fingerprint density at radius 2 is 2.00 bits per heavy atom. The molecule has 0 spiro atoms. The molecule has 0 aromatic rings. The van der Waals surface area contributed by atoms with Gasteiger partial charge in [0.1, 0.15) is 0 Å². The number of hydrogen-bond acceptors (Lipinski definition) is 0. The minimum Gasteiger partial charge on any atom is -0.0991 e. The van der Waals surface area contributed by atoms with Crippen molar-refractivity contribution in [3.05, 3.63) is 36.5 Å². The van der Waals surface area contributed by atoms with Crippen molar-refractivity contribution in [1.82, 2.24) is 0 Å². The van der Waals surface area contributed by atoms with Crippen molar-refractivity contribution in [3.63, 3.8) is 0 Å². The lowest BCUT2D eigenvalue weighted by Crippen LogP contribution is -1.66. The first kappa shape index (κ1) is 9.22. The molecule has 56 valence electrons. The first-order valence-electron chi connectivity index (χ1n) is 3.68. The molecule has 0 aliphatic rings. The van der Waals surface area contributed by atoms with E-state index < -0.39 is 0 Å². The van der Waals surface area contributed by atoms with E-state index in [1.54, 1.807) is 0 Å². The molecule has 0 fully saturated rings. The highest BCUT2D eigenvalue weighted by Crippen LogP contribution is 1.97. The van der Waals surface area contributed by atoms with Crippen molar-refractivity contribution in [3.8, 4) is 0 Å². The molecule has 0 saturated heterocycles. The SMILES string of the molecule is C=C/C=C\CCC=C(C)C. The molecule has 0 heteroatoms. The molecule has 0 atom stereocenters. The fraction of sp³-hybridized carbons (Fsp3) is 0.400. The lowest BCUT2D eigenvalue weighted by atomic mass is 10.2. The molecule has 0 heterocycles. The zero-order valence-corrected chi connectivity index (χ0v) is 6.93. The van der Waals surface area contributed by atoms with Gasteiger partial charge < -0.3 is 0 Å². The van der Waals surface area contributed by atoms with Gasteiger partial charge in [0, 0.05) is 0 Å². The monoisotopic (exact) mass is 136 g/mol. The molecule has 0 unspecified atom stereocenters. The Kier molecular flexibility index (Phi) is 5.85. The maximum Gasteiger partial charge on any atom is -0.0313 e. The quantitative estimate of drug-likeness (QED) is 0.315. The molecule has 0 amide bonds. The predicted molar refractivity (Wildman–Crippen MR) is 48.0 cm³/mol. The van der Waals surface area contributed by atoms with E-state index in [0.717, 1.165) is 12.8 Å². The van der Waals surface area contributed by atoms with Gasteiger partial charge >= 0.3 is 0 Å². The second-order valence-corrected chi connectivity index (χ2v) is 2.52. The van der Waals surface area contributed by atoms with Crippen LogP contribution in [0.5, 0.6) is 0 Å². The molecule has 0 aliphatic heterocycles. The van der Waals surface area contributed by atoms with Gasteiger partial charge in [-0.15, -0.1) is 0 Å². The van der Waals surface area contributed by atoms with E-state index >= 15 is 0 Å². The van der Waals surface area contributed by atoms with E-state index in [9.17, 15) is 0 Å². The van der Waals surface area contributed by atoms with Gasteiger partial charge in [-0.3, -0.25) is 0 Å². The summed E-state index contributed by atoms with van der Waals surface area (Å²) >= 11 is 0. The number of unbranched alkanes of at least 4 members (excludes halogenated alkanes) is 1. The summed E-state index contributed by atoms with van der Waals surface area (Å²) in [7, 11) is 0. The fourth-order valence-corrected chi connectivity index (χ4v) is 0.661. The molecule has 10 heavy (non-hydrogen) atoms. The maximum absolute atomic E-state index is 3.59. The Labute approximate surface area is 64.0 Å². The van der Waals surface area contributed by atoms with Gasteiger partial charge in [-0.05, 0) is 26.7 Å². The van der Waals surface area contributed by atoms with E-state index in [4.69, 9.17) is 0 Å². The Balaban J connectivity index is 3.29. The van der Waals surface area contributed by atoms with Gasteiger partial charge in [-0.25, -0.2) is 0 Å². The Bertz CT molecular complexity index is 134. The molecule has 0 rings (SSSR count). The van der Waals surface area contributed by atoms with E-state index in [2.05, 4.69) is 32.6 Å². The maximum atomic E-state index is 3.59. The van der Waals surface area contributed by atoms with Gasteiger partial charge in [0.15, 0.2) is 0 Å². The first-order chi connectivity index (χ1) is 4.77. The average molecular weight is 136 g/mol. The van der Waals surface area contributed by atoms with Crippen molar-refractivity contribution in [2.24, 2.45) is 0 Å². The third kappa shape index (κ3) is 7.22. The van der Waals surface area contributed by atoms with E-state index in [1.165, 1.54) is 5.57 Å². The zero-order valence-electron chi connectivity index (χ0n) is 6.93. The van der Waals surface area contributed by atoms with E-state index in [-0.39, 0.29) is 0 Å². The fourth-order valence-electron chi connectivity index (χ4n) is 0.661. The predicted octanol–water partition coefficient (Wildman–Crippen LogP) is 3.48. The van der Waals surface area contributed by atoms with Crippen LogP contribution in [0.1, 0.15) is 26.7 Å². The van der Waals surface area contributed by atoms with Gasteiger partial charge in [0.25, 0.3) is 0 Å². The lowest BCUT2D eigenvalue weighted by Gasteiger charge is -1.87. The van der Waals surface area contributed by atoms with Gasteiger partial charge in [-0.2, -0.15) is 0 Å². The van der Waals surface area contributed by atoms with Crippen molar-refractivity contribution in [2.75, 3.05) is 0 Å². The summed E-state index contributed by atoms with van der Waals surface area (Å²) in [5.41, 5.74) is 1.40. The summed E-state index contributed by atoms with van der Waals surface area (Å²) in [6.45, 7) is 7.84. The molecule has 0 N–H and O–H groups in total. The standard InChI is InChI=1S/C10H16/c1-4-5-6-7-8-9-10(2)3/h4-6,9H,1,7-8H2,2-3H3/b6-5-. The van der Waals surface area contributed by atoms with Gasteiger partial charge in [0.05, 0.1) is 0 Å². The van der Waals surface area contributed by atoms with Crippen molar-refractivity contribution >= 4 is 0 Å². The van der Waals surface area contributed by atoms with Crippen LogP contribution in [0, 0.1) is 0 Å². The second-order valence-electron chi connectivity index (χ2n) is 2.52. The van der Waals surface area contributed by atoms with Crippen LogP contribution in [0.15, 0.2) is 36.5 Å². The zero-order chi connectivity index (χ0) is 7.82. The Hall–Kier alpha value is -0.780. The molecule has 0 aromatic heterocycles. The highest BCUT2D eigenvalue weighted by Gasteiger charge is 1.76. The molecule has 0 aromatic carbocycles. The third-order valence-corrected chi connectivity index (χ3v) is 1.16. The number of rotatable bonds is 4. The molecule has 0 bridgehead atoms. The summed E-state index contributed by atoms with van der Waals surface area (Å²) in [5, 5.41) is 0. The van der Waals surface area contributed by atoms with Gasteiger partial charge in [-0.1, -0.05) is 36.5 Å². The third-order valence-electron chi connectivity index (χ3n) is 1.16. The van der Waals surface area contributed by atoms with Crippen LogP contribution in [0.4, 0.5) is 0 Å². The molecule has 0 aliphatic carbocycles. The van der Waals surface area contributed by atoms with E-state index in [0.29, 0.717) is 0 Å². The minimum atomic E-state index is 1.12.